The van der Waals surface area contributed by atoms with Crippen LogP contribution in [0, 0.1) is 5.92 Å². The third kappa shape index (κ3) is 3.41. The fourth-order valence-corrected chi connectivity index (χ4v) is 1.52. The van der Waals surface area contributed by atoms with Crippen LogP contribution in [-0.2, 0) is 13.0 Å². The molecule has 0 atom stereocenters. The van der Waals surface area contributed by atoms with E-state index in [1.807, 2.05) is 0 Å². The molecule has 0 saturated carbocycles. The zero-order chi connectivity index (χ0) is 12.0. The van der Waals surface area contributed by atoms with E-state index in [1.165, 1.54) is 0 Å². The number of carbonyl (C=O) groups excluding carboxylic acids is 1. The van der Waals surface area contributed by atoms with Crippen molar-refractivity contribution in [3.8, 4) is 0 Å². The standard InChI is InChI=1S/C11H19N3O2/c1-9(2)4-5-11-10(8-16)12-13-14(11)6-3-7-15/h8-9,15H,3-7H2,1-2H3. The summed E-state index contributed by atoms with van der Waals surface area (Å²) in [5.74, 6) is 0.584. The van der Waals surface area contributed by atoms with E-state index >= 15 is 0 Å². The lowest BCUT2D eigenvalue weighted by Gasteiger charge is -2.07. The summed E-state index contributed by atoms with van der Waals surface area (Å²) < 4.78 is 1.72. The molecule has 1 N–H and O–H groups in total. The fourth-order valence-electron chi connectivity index (χ4n) is 1.52. The maximum Gasteiger partial charge on any atom is 0.172 e. The summed E-state index contributed by atoms with van der Waals surface area (Å²) >= 11 is 0. The molecule has 1 aromatic heterocycles. The van der Waals surface area contributed by atoms with Crippen molar-refractivity contribution in [3.63, 3.8) is 0 Å². The number of rotatable bonds is 7. The Balaban J connectivity index is 2.74. The molecule has 0 unspecified atom stereocenters. The number of hydrogen-bond acceptors (Lipinski definition) is 4. The largest absolute Gasteiger partial charge is 0.396 e. The molecule has 1 heterocycles. The lowest BCUT2D eigenvalue weighted by molar-refractivity contribution is 0.111. The molecule has 0 aromatic carbocycles. The molecule has 0 amide bonds. The predicted octanol–water partition coefficient (Wildman–Crippen LogP) is 1.06. The van der Waals surface area contributed by atoms with Crippen LogP contribution in [0.2, 0.25) is 0 Å². The quantitative estimate of drug-likeness (QED) is 0.705. The number of aryl methyl sites for hydroxylation is 1. The lowest BCUT2D eigenvalue weighted by atomic mass is 10.1. The highest BCUT2D eigenvalue weighted by Gasteiger charge is 2.12. The molecule has 90 valence electrons. The average Bonchev–Trinajstić information content (AvgIpc) is 2.65. The Labute approximate surface area is 95.5 Å². The van der Waals surface area contributed by atoms with Crippen molar-refractivity contribution in [2.45, 2.75) is 39.7 Å². The second-order valence-electron chi connectivity index (χ2n) is 4.27. The minimum Gasteiger partial charge on any atom is -0.396 e. The highest BCUT2D eigenvalue weighted by molar-refractivity contribution is 5.73. The van der Waals surface area contributed by atoms with E-state index in [1.54, 1.807) is 4.68 Å². The first-order valence-electron chi connectivity index (χ1n) is 5.67. The van der Waals surface area contributed by atoms with E-state index in [0.717, 1.165) is 24.8 Å². The van der Waals surface area contributed by atoms with Gasteiger partial charge in [0.1, 0.15) is 5.69 Å². The van der Waals surface area contributed by atoms with Gasteiger partial charge in [-0.3, -0.25) is 4.79 Å². The van der Waals surface area contributed by atoms with E-state index < -0.39 is 0 Å². The number of aliphatic hydroxyl groups excluding tert-OH is 1. The summed E-state index contributed by atoms with van der Waals surface area (Å²) in [5.41, 5.74) is 1.32. The van der Waals surface area contributed by atoms with Crippen LogP contribution >= 0.6 is 0 Å². The highest BCUT2D eigenvalue weighted by atomic mass is 16.3. The van der Waals surface area contributed by atoms with Gasteiger partial charge in [0.05, 0.1) is 5.69 Å². The SMILES string of the molecule is CC(C)CCc1c(C=O)nnn1CCCO. The van der Waals surface area contributed by atoms with Crippen LogP contribution in [-0.4, -0.2) is 33.0 Å². The Morgan fingerprint density at radius 2 is 2.25 bits per heavy atom. The third-order valence-corrected chi connectivity index (χ3v) is 2.47. The van der Waals surface area contributed by atoms with Gasteiger partial charge in [0.2, 0.25) is 0 Å². The van der Waals surface area contributed by atoms with Crippen LogP contribution in [0.1, 0.15) is 42.9 Å². The van der Waals surface area contributed by atoms with Crippen LogP contribution in [0.15, 0.2) is 0 Å². The summed E-state index contributed by atoms with van der Waals surface area (Å²) in [5, 5.41) is 16.5. The normalized spacial score (nSPS) is 11.0. The third-order valence-electron chi connectivity index (χ3n) is 2.47. The molecule has 0 bridgehead atoms. The van der Waals surface area contributed by atoms with Gasteiger partial charge in [0.25, 0.3) is 0 Å². The maximum atomic E-state index is 10.8. The molecule has 0 saturated heterocycles. The van der Waals surface area contributed by atoms with Crippen molar-refractivity contribution in [2.75, 3.05) is 6.61 Å². The number of carbonyl (C=O) groups is 1. The maximum absolute atomic E-state index is 10.8. The van der Waals surface area contributed by atoms with Gasteiger partial charge in [-0.05, 0) is 25.2 Å². The molecule has 5 heteroatoms. The first-order valence-corrected chi connectivity index (χ1v) is 5.67. The molecule has 16 heavy (non-hydrogen) atoms. The second kappa shape index (κ2) is 6.37. The van der Waals surface area contributed by atoms with Crippen molar-refractivity contribution < 1.29 is 9.90 Å². The van der Waals surface area contributed by atoms with Gasteiger partial charge in [-0.15, -0.1) is 5.10 Å². The first-order chi connectivity index (χ1) is 7.69. The summed E-state index contributed by atoms with van der Waals surface area (Å²) in [7, 11) is 0. The molecule has 1 rings (SSSR count). The predicted molar refractivity (Wildman–Crippen MR) is 60.3 cm³/mol. The molecule has 0 aliphatic rings. The van der Waals surface area contributed by atoms with Gasteiger partial charge in [0.15, 0.2) is 6.29 Å². The summed E-state index contributed by atoms with van der Waals surface area (Å²) in [6.07, 6.45) is 3.20. The number of aldehydes is 1. The lowest BCUT2D eigenvalue weighted by Crippen LogP contribution is -2.08. The number of aliphatic hydroxyl groups is 1. The van der Waals surface area contributed by atoms with Crippen LogP contribution in [0.25, 0.3) is 0 Å². The van der Waals surface area contributed by atoms with Crippen LogP contribution in [0.3, 0.4) is 0 Å². The van der Waals surface area contributed by atoms with E-state index in [-0.39, 0.29) is 6.61 Å². The monoisotopic (exact) mass is 225 g/mol. The Morgan fingerprint density at radius 3 is 2.81 bits per heavy atom. The topological polar surface area (TPSA) is 68.0 Å². The summed E-state index contributed by atoms with van der Waals surface area (Å²) in [4.78, 5) is 10.8. The molecule has 5 nitrogen and oxygen atoms in total. The molecule has 0 radical (unpaired) electrons. The zero-order valence-electron chi connectivity index (χ0n) is 9.89. The zero-order valence-corrected chi connectivity index (χ0v) is 9.89. The van der Waals surface area contributed by atoms with Gasteiger partial charge in [0, 0.05) is 13.2 Å². The van der Waals surface area contributed by atoms with E-state index in [2.05, 4.69) is 24.2 Å². The van der Waals surface area contributed by atoms with Gasteiger partial charge >= 0.3 is 0 Å². The Morgan fingerprint density at radius 1 is 1.50 bits per heavy atom. The highest BCUT2D eigenvalue weighted by Crippen LogP contribution is 2.11. The number of hydrogen-bond donors (Lipinski definition) is 1. The van der Waals surface area contributed by atoms with Gasteiger partial charge in [-0.25, -0.2) is 4.68 Å². The van der Waals surface area contributed by atoms with Crippen molar-refractivity contribution >= 4 is 6.29 Å². The number of nitrogens with zero attached hydrogens (tertiary/aromatic N) is 3. The van der Waals surface area contributed by atoms with Crippen molar-refractivity contribution in [2.24, 2.45) is 5.92 Å². The Bertz CT molecular complexity index is 334. The minimum atomic E-state index is 0.125. The summed E-state index contributed by atoms with van der Waals surface area (Å²) in [6, 6.07) is 0. The summed E-state index contributed by atoms with van der Waals surface area (Å²) in [6.45, 7) is 5.02. The molecule has 0 aliphatic carbocycles. The fraction of sp³-hybridized carbons (Fsp3) is 0.727. The van der Waals surface area contributed by atoms with Gasteiger partial charge in [-0.1, -0.05) is 19.1 Å². The molecule has 1 aromatic rings. The van der Waals surface area contributed by atoms with Gasteiger partial charge < -0.3 is 5.11 Å². The van der Waals surface area contributed by atoms with Crippen LogP contribution in [0.5, 0.6) is 0 Å². The minimum absolute atomic E-state index is 0.125. The average molecular weight is 225 g/mol. The van der Waals surface area contributed by atoms with Crippen molar-refractivity contribution in [1.82, 2.24) is 15.0 Å². The Hall–Kier alpha value is -1.23. The smallest absolute Gasteiger partial charge is 0.172 e. The van der Waals surface area contributed by atoms with Crippen molar-refractivity contribution in [1.29, 1.82) is 0 Å². The molecule has 0 fully saturated rings. The first kappa shape index (κ1) is 12.8. The molecular weight excluding hydrogens is 206 g/mol. The Kier molecular flexibility index (Phi) is 5.11. The van der Waals surface area contributed by atoms with E-state index in [4.69, 9.17) is 5.11 Å². The van der Waals surface area contributed by atoms with Crippen LogP contribution in [0.4, 0.5) is 0 Å². The second-order valence-corrected chi connectivity index (χ2v) is 4.27. The molecule has 0 aliphatic heterocycles. The van der Waals surface area contributed by atoms with Crippen molar-refractivity contribution in [3.05, 3.63) is 11.4 Å². The molecular formula is C11H19N3O2. The molecule has 0 spiro atoms. The number of aromatic nitrogens is 3. The van der Waals surface area contributed by atoms with E-state index in [9.17, 15) is 4.79 Å². The van der Waals surface area contributed by atoms with Gasteiger partial charge in [-0.2, -0.15) is 0 Å². The van der Waals surface area contributed by atoms with E-state index in [0.29, 0.717) is 24.6 Å². The van der Waals surface area contributed by atoms with Crippen LogP contribution < -0.4 is 0 Å².